The summed E-state index contributed by atoms with van der Waals surface area (Å²) in [6, 6.07) is 7.18. The van der Waals surface area contributed by atoms with Gasteiger partial charge in [-0.15, -0.1) is 0 Å². The van der Waals surface area contributed by atoms with Crippen molar-refractivity contribution >= 4 is 11.6 Å². The zero-order chi connectivity index (χ0) is 37.5. The number of carbonyl (C=O) groups excluding carboxylic acids is 1. The second-order valence-corrected chi connectivity index (χ2v) is 11.5. The average Bonchev–Trinajstić information content (AvgIpc) is 3.17. The van der Waals surface area contributed by atoms with Crippen LogP contribution < -0.4 is 10.1 Å². The summed E-state index contributed by atoms with van der Waals surface area (Å²) in [4.78, 5) is 11.0. The number of anilines is 1. The molecule has 1 N–H and O–H groups in total. The molecular weight excluding hydrogens is 698 g/mol. The summed E-state index contributed by atoms with van der Waals surface area (Å²) >= 11 is 0. The van der Waals surface area contributed by atoms with Gasteiger partial charge in [0, 0.05) is 19.2 Å². The highest BCUT2D eigenvalue weighted by Crippen LogP contribution is 2.15. The lowest BCUT2D eigenvalue weighted by Gasteiger charge is -2.22. The normalized spacial score (nSPS) is 14.5. The third-order valence-corrected chi connectivity index (χ3v) is 7.06. The fraction of sp³-hybridized carbons (Fsp3) is 0.811. The van der Waals surface area contributed by atoms with Gasteiger partial charge in [-0.05, 0) is 43.5 Å². The van der Waals surface area contributed by atoms with Gasteiger partial charge in [-0.2, -0.15) is 0 Å². The van der Waals surface area contributed by atoms with E-state index in [1.54, 1.807) is 24.3 Å². The Kier molecular flexibility index (Phi) is 32.8. The lowest BCUT2D eigenvalue weighted by atomic mass is 10.2. The summed E-state index contributed by atoms with van der Waals surface area (Å²) in [6.45, 7) is 14.2. The Bertz CT molecular complexity index is 924. The molecule has 1 aliphatic rings. The molecule has 0 radical (unpaired) electrons. The second kappa shape index (κ2) is 36.9. The van der Waals surface area contributed by atoms with Gasteiger partial charge >= 0.3 is 0 Å². The van der Waals surface area contributed by atoms with Crippen LogP contribution in [0.25, 0.3) is 0 Å². The van der Waals surface area contributed by atoms with Gasteiger partial charge in [0.25, 0.3) is 0 Å². The van der Waals surface area contributed by atoms with E-state index < -0.39 is 0 Å². The highest BCUT2D eigenvalue weighted by Gasteiger charge is 2.13. The summed E-state index contributed by atoms with van der Waals surface area (Å²) in [5.41, 5.74) is 0.731. The largest absolute Gasteiger partial charge is 0.491 e. The molecule has 53 heavy (non-hydrogen) atoms. The lowest BCUT2D eigenvalue weighted by molar-refractivity contribution is -0.169. The van der Waals surface area contributed by atoms with Crippen LogP contribution in [0, 0.1) is 0 Å². The van der Waals surface area contributed by atoms with Gasteiger partial charge in [0.2, 0.25) is 5.91 Å². The van der Waals surface area contributed by atoms with E-state index >= 15 is 0 Å². The molecule has 1 atom stereocenters. The van der Waals surface area contributed by atoms with E-state index in [1.807, 2.05) is 0 Å². The first kappa shape index (κ1) is 47.1. The molecule has 0 spiro atoms. The highest BCUT2D eigenvalue weighted by atomic mass is 16.7. The summed E-state index contributed by atoms with van der Waals surface area (Å²) < 4.78 is 77.1. The highest BCUT2D eigenvalue weighted by molar-refractivity contribution is 5.88. The maximum atomic E-state index is 11.0. The third kappa shape index (κ3) is 32.0. The number of carbonyl (C=O) groups is 1. The summed E-state index contributed by atoms with van der Waals surface area (Å²) in [7, 11) is 0. The zero-order valence-corrected chi connectivity index (χ0v) is 31.8. The van der Waals surface area contributed by atoms with Crippen molar-refractivity contribution in [2.45, 2.75) is 32.5 Å². The molecular formula is C37H65NO15. The number of hydrogen-bond acceptors (Lipinski definition) is 15. The van der Waals surface area contributed by atoms with Crippen molar-refractivity contribution in [3.05, 3.63) is 24.3 Å². The van der Waals surface area contributed by atoms with E-state index in [4.69, 9.17) is 66.3 Å². The molecule has 1 aliphatic heterocycles. The van der Waals surface area contributed by atoms with E-state index in [0.29, 0.717) is 164 Å². The monoisotopic (exact) mass is 763 g/mol. The second-order valence-electron chi connectivity index (χ2n) is 11.5. The minimum atomic E-state index is -0.109. The van der Waals surface area contributed by atoms with Crippen molar-refractivity contribution in [2.75, 3.05) is 170 Å². The minimum absolute atomic E-state index is 0.0706. The minimum Gasteiger partial charge on any atom is -0.491 e. The summed E-state index contributed by atoms with van der Waals surface area (Å²) in [5, 5.41) is 2.71. The molecule has 1 unspecified atom stereocenters. The quantitative estimate of drug-likeness (QED) is 0.0976. The number of benzene rings is 1. The van der Waals surface area contributed by atoms with Gasteiger partial charge in [-0.3, -0.25) is 4.79 Å². The van der Waals surface area contributed by atoms with Crippen molar-refractivity contribution in [1.82, 2.24) is 0 Å². The third-order valence-electron chi connectivity index (χ3n) is 7.06. The Hall–Kier alpha value is -2.03. The van der Waals surface area contributed by atoms with Crippen LogP contribution in [0.1, 0.15) is 26.2 Å². The smallest absolute Gasteiger partial charge is 0.221 e. The molecule has 0 aromatic heterocycles. The lowest BCUT2D eigenvalue weighted by Crippen LogP contribution is -2.24. The van der Waals surface area contributed by atoms with Crippen LogP contribution in [0.2, 0.25) is 0 Å². The van der Waals surface area contributed by atoms with E-state index in [0.717, 1.165) is 31.6 Å². The van der Waals surface area contributed by atoms with Crippen LogP contribution in [0.15, 0.2) is 24.3 Å². The number of nitrogens with one attached hydrogen (secondary N) is 1. The van der Waals surface area contributed by atoms with Crippen LogP contribution in [0.4, 0.5) is 5.69 Å². The number of amides is 1. The molecule has 16 nitrogen and oxygen atoms in total. The molecule has 308 valence electrons. The predicted molar refractivity (Wildman–Crippen MR) is 195 cm³/mol. The summed E-state index contributed by atoms with van der Waals surface area (Å²) in [5.74, 6) is 0.607. The Labute approximate surface area is 315 Å². The van der Waals surface area contributed by atoms with Crippen molar-refractivity contribution < 1.29 is 71.1 Å². The van der Waals surface area contributed by atoms with E-state index in [9.17, 15) is 4.79 Å². The topological polar surface area (TPSA) is 158 Å². The molecule has 0 bridgehead atoms. The van der Waals surface area contributed by atoms with E-state index in [-0.39, 0.29) is 12.2 Å². The first-order valence-corrected chi connectivity index (χ1v) is 18.8. The molecule has 1 aromatic rings. The first-order valence-electron chi connectivity index (χ1n) is 18.8. The van der Waals surface area contributed by atoms with E-state index in [1.165, 1.54) is 6.92 Å². The Morgan fingerprint density at radius 3 is 1.17 bits per heavy atom. The van der Waals surface area contributed by atoms with Crippen LogP contribution in [0.5, 0.6) is 5.75 Å². The molecule has 0 aliphatic carbocycles. The van der Waals surface area contributed by atoms with Gasteiger partial charge in [-0.1, -0.05) is 0 Å². The number of ether oxygens (including phenoxy) is 14. The zero-order valence-electron chi connectivity index (χ0n) is 31.8. The fourth-order valence-electron chi connectivity index (χ4n) is 4.44. The first-order chi connectivity index (χ1) is 26.2. The Morgan fingerprint density at radius 2 is 0.849 bits per heavy atom. The predicted octanol–water partition coefficient (Wildman–Crippen LogP) is 2.75. The van der Waals surface area contributed by atoms with Crippen molar-refractivity contribution in [1.29, 1.82) is 0 Å². The SMILES string of the molecule is CC(=O)Nc1ccc(OCCOCCOCCOCCOCCOCCOCCOCCOCCOCCOCCOCCOC2CCCCO2)cc1. The molecule has 1 fully saturated rings. The van der Waals surface area contributed by atoms with Gasteiger partial charge in [0.15, 0.2) is 6.29 Å². The number of hydrogen-bond donors (Lipinski definition) is 1. The Balaban J connectivity index is 1.14. The average molecular weight is 764 g/mol. The summed E-state index contributed by atoms with van der Waals surface area (Å²) in [6.07, 6.45) is 3.18. The van der Waals surface area contributed by atoms with Crippen molar-refractivity contribution in [2.24, 2.45) is 0 Å². The molecule has 2 rings (SSSR count). The molecule has 16 heteroatoms. The molecule has 0 saturated carbocycles. The van der Waals surface area contributed by atoms with E-state index in [2.05, 4.69) is 5.32 Å². The van der Waals surface area contributed by atoms with Crippen molar-refractivity contribution in [3.8, 4) is 5.75 Å². The molecule has 1 saturated heterocycles. The maximum absolute atomic E-state index is 11.0. The van der Waals surface area contributed by atoms with Gasteiger partial charge < -0.3 is 71.6 Å². The fourth-order valence-corrected chi connectivity index (χ4v) is 4.44. The molecule has 1 amide bonds. The van der Waals surface area contributed by atoms with Gasteiger partial charge in [0.1, 0.15) is 12.4 Å². The van der Waals surface area contributed by atoms with Crippen molar-refractivity contribution in [3.63, 3.8) is 0 Å². The van der Waals surface area contributed by atoms with Crippen LogP contribution in [0.3, 0.4) is 0 Å². The molecule has 1 heterocycles. The van der Waals surface area contributed by atoms with Crippen LogP contribution in [-0.4, -0.2) is 177 Å². The van der Waals surface area contributed by atoms with Gasteiger partial charge in [-0.25, -0.2) is 0 Å². The number of rotatable bonds is 39. The Morgan fingerprint density at radius 1 is 0.509 bits per heavy atom. The van der Waals surface area contributed by atoms with Crippen LogP contribution in [-0.2, 0) is 66.4 Å². The maximum Gasteiger partial charge on any atom is 0.221 e. The van der Waals surface area contributed by atoms with Crippen LogP contribution >= 0.6 is 0 Å². The van der Waals surface area contributed by atoms with Gasteiger partial charge in [0.05, 0.1) is 152 Å². The molecule has 1 aromatic carbocycles. The standard InChI is InChI=1S/C37H65NO15/c1-34(39)38-35-5-7-36(8-6-35)51-32-30-49-28-26-47-24-22-45-20-18-43-16-14-41-12-10-40-11-13-42-15-17-44-19-21-46-23-25-48-27-29-50-31-33-53-37-4-2-3-9-52-37/h5-8,37H,2-4,9-33H2,1H3,(H,38,39).